The molecule has 0 N–H and O–H groups in total. The van der Waals surface area contributed by atoms with Crippen LogP contribution in [0.2, 0.25) is 5.02 Å². The summed E-state index contributed by atoms with van der Waals surface area (Å²) in [5.41, 5.74) is 3.40. The maximum absolute atomic E-state index is 11.4. The van der Waals surface area contributed by atoms with Gasteiger partial charge in [-0.05, 0) is 64.0 Å². The van der Waals surface area contributed by atoms with Crippen LogP contribution in [-0.2, 0) is 0 Å². The number of nitro groups is 1. The number of rotatable bonds is 3. The van der Waals surface area contributed by atoms with Crippen molar-refractivity contribution in [2.24, 2.45) is 0 Å². The fourth-order valence-corrected chi connectivity index (χ4v) is 3.71. The Labute approximate surface area is 162 Å². The van der Waals surface area contributed by atoms with Crippen LogP contribution in [0.3, 0.4) is 0 Å². The van der Waals surface area contributed by atoms with Crippen molar-refractivity contribution in [3.05, 3.63) is 92.5 Å². The van der Waals surface area contributed by atoms with Crippen molar-refractivity contribution < 1.29 is 4.92 Å². The first-order valence-electron chi connectivity index (χ1n) is 7.85. The van der Waals surface area contributed by atoms with E-state index in [2.05, 4.69) is 20.5 Å². The van der Waals surface area contributed by atoms with Gasteiger partial charge in [-0.15, -0.1) is 0 Å². The molecule has 1 heterocycles. The van der Waals surface area contributed by atoms with Crippen molar-refractivity contribution in [2.45, 2.75) is 0 Å². The van der Waals surface area contributed by atoms with E-state index in [1.54, 1.807) is 12.1 Å². The van der Waals surface area contributed by atoms with Gasteiger partial charge in [-0.25, -0.2) is 0 Å². The number of hydrogen-bond acceptors (Lipinski definition) is 2. The molecule has 0 aliphatic carbocycles. The lowest BCUT2D eigenvalue weighted by molar-refractivity contribution is -0.384. The fraction of sp³-hybridized carbons (Fsp3) is 0. The molecule has 0 unspecified atom stereocenters. The average Bonchev–Trinajstić information content (AvgIpc) is 3.05. The molecule has 3 aromatic carbocycles. The van der Waals surface area contributed by atoms with E-state index in [1.165, 1.54) is 6.07 Å². The molecule has 0 aliphatic rings. The number of benzene rings is 3. The van der Waals surface area contributed by atoms with Crippen molar-refractivity contribution in [2.75, 3.05) is 0 Å². The lowest BCUT2D eigenvalue weighted by Gasteiger charge is -2.09. The molecule has 4 aromatic rings. The number of hydrogen-bond donors (Lipinski definition) is 0. The Bertz CT molecular complexity index is 1150. The third-order valence-corrected chi connectivity index (χ3v) is 5.18. The topological polar surface area (TPSA) is 48.1 Å². The summed E-state index contributed by atoms with van der Waals surface area (Å²) >= 11 is 9.50. The first-order chi connectivity index (χ1) is 12.5. The van der Waals surface area contributed by atoms with Crippen LogP contribution in [-0.4, -0.2) is 9.49 Å². The molecule has 0 bridgehead atoms. The summed E-state index contributed by atoms with van der Waals surface area (Å²) in [6.07, 6.45) is 1.99. The fourth-order valence-electron chi connectivity index (χ4n) is 3.07. The highest BCUT2D eigenvalue weighted by Crippen LogP contribution is 2.35. The molecule has 0 radical (unpaired) electrons. The van der Waals surface area contributed by atoms with Crippen LogP contribution in [0.15, 0.2) is 77.4 Å². The molecule has 26 heavy (non-hydrogen) atoms. The number of nitro benzene ring substituents is 1. The second kappa shape index (κ2) is 6.59. The maximum atomic E-state index is 11.4. The predicted molar refractivity (Wildman–Crippen MR) is 108 cm³/mol. The van der Waals surface area contributed by atoms with Crippen LogP contribution in [0.25, 0.3) is 27.7 Å². The molecule has 4 nitrogen and oxygen atoms in total. The third-order valence-electron chi connectivity index (χ3n) is 4.27. The van der Waals surface area contributed by atoms with E-state index in [9.17, 15) is 10.1 Å². The van der Waals surface area contributed by atoms with Crippen molar-refractivity contribution >= 4 is 44.1 Å². The van der Waals surface area contributed by atoms with Gasteiger partial charge in [-0.3, -0.25) is 10.1 Å². The highest BCUT2D eigenvalue weighted by molar-refractivity contribution is 9.10. The monoisotopic (exact) mass is 426 g/mol. The zero-order valence-corrected chi connectivity index (χ0v) is 15.7. The molecule has 1 aromatic heterocycles. The lowest BCUT2D eigenvalue weighted by Crippen LogP contribution is -1.94. The summed E-state index contributed by atoms with van der Waals surface area (Å²) < 4.78 is 3.08. The molecule has 4 rings (SSSR count). The maximum Gasteiger partial charge on any atom is 0.278 e. The Morgan fingerprint density at radius 2 is 1.81 bits per heavy atom. The summed E-state index contributed by atoms with van der Waals surface area (Å²) in [5, 5.41) is 12.7. The number of halogens is 2. The largest absolute Gasteiger partial charge is 0.315 e. The van der Waals surface area contributed by atoms with Gasteiger partial charge in [-0.1, -0.05) is 29.8 Å². The summed E-state index contributed by atoms with van der Waals surface area (Å²) in [7, 11) is 0. The van der Waals surface area contributed by atoms with Gasteiger partial charge in [0, 0.05) is 27.1 Å². The van der Waals surface area contributed by atoms with Crippen molar-refractivity contribution in [1.82, 2.24) is 4.57 Å². The molecule has 0 saturated carbocycles. The second-order valence-electron chi connectivity index (χ2n) is 5.83. The van der Waals surface area contributed by atoms with Crippen molar-refractivity contribution in [3.8, 4) is 16.8 Å². The molecule has 0 amide bonds. The quantitative estimate of drug-likeness (QED) is 0.272. The van der Waals surface area contributed by atoms with E-state index in [-0.39, 0.29) is 5.69 Å². The van der Waals surface area contributed by atoms with E-state index in [1.807, 2.05) is 54.7 Å². The minimum absolute atomic E-state index is 0.00193. The van der Waals surface area contributed by atoms with E-state index < -0.39 is 4.92 Å². The average molecular weight is 428 g/mol. The Hall–Kier alpha value is -2.63. The van der Waals surface area contributed by atoms with Gasteiger partial charge in [-0.2, -0.15) is 0 Å². The first-order valence-corrected chi connectivity index (χ1v) is 9.02. The number of fused-ring (bicyclic) bond motifs is 1. The van der Waals surface area contributed by atoms with Crippen LogP contribution in [0.1, 0.15) is 0 Å². The summed E-state index contributed by atoms with van der Waals surface area (Å²) in [5.74, 6) is 0. The molecule has 128 valence electrons. The smallest absolute Gasteiger partial charge is 0.278 e. The van der Waals surface area contributed by atoms with E-state index in [0.29, 0.717) is 10.6 Å². The number of nitrogens with zero attached hydrogens (tertiary/aromatic N) is 2. The molecular formula is C20H12BrClN2O2. The zero-order chi connectivity index (χ0) is 18.3. The van der Waals surface area contributed by atoms with Gasteiger partial charge >= 0.3 is 0 Å². The highest BCUT2D eigenvalue weighted by atomic mass is 79.9. The van der Waals surface area contributed by atoms with Crippen LogP contribution in [0.5, 0.6) is 0 Å². The van der Waals surface area contributed by atoms with Crippen LogP contribution >= 0.6 is 27.5 Å². The summed E-state index contributed by atoms with van der Waals surface area (Å²) in [6, 6.07) is 20.5. The Morgan fingerprint density at radius 1 is 1.00 bits per heavy atom. The Morgan fingerprint density at radius 3 is 2.58 bits per heavy atom. The Balaban J connectivity index is 1.87. The molecule has 6 heteroatoms. The third kappa shape index (κ3) is 2.89. The van der Waals surface area contributed by atoms with Gasteiger partial charge < -0.3 is 4.57 Å². The zero-order valence-electron chi connectivity index (χ0n) is 13.4. The first kappa shape index (κ1) is 16.8. The molecule has 0 atom stereocenters. The lowest BCUT2D eigenvalue weighted by atomic mass is 10.0. The van der Waals surface area contributed by atoms with E-state index >= 15 is 0 Å². The minimum atomic E-state index is -0.405. The van der Waals surface area contributed by atoms with Crippen molar-refractivity contribution in [3.63, 3.8) is 0 Å². The summed E-state index contributed by atoms with van der Waals surface area (Å²) in [4.78, 5) is 11.0. The molecule has 0 saturated heterocycles. The number of para-hydroxylation sites is 1. The normalized spacial score (nSPS) is 11.0. The van der Waals surface area contributed by atoms with Crippen LogP contribution < -0.4 is 0 Å². The van der Waals surface area contributed by atoms with E-state index in [4.69, 9.17) is 11.6 Å². The SMILES string of the molecule is O=[N+]([O-])c1cc(Cl)ccc1-c1ccc2c(ccn2-c2ccccc2Br)c1. The highest BCUT2D eigenvalue weighted by Gasteiger charge is 2.17. The number of aromatic nitrogens is 1. The summed E-state index contributed by atoms with van der Waals surface area (Å²) in [6.45, 7) is 0. The van der Waals surface area contributed by atoms with Crippen molar-refractivity contribution in [1.29, 1.82) is 0 Å². The predicted octanol–water partition coefficient (Wildman–Crippen LogP) is 6.62. The molecule has 0 fully saturated rings. The van der Waals surface area contributed by atoms with Gasteiger partial charge in [0.05, 0.1) is 21.7 Å². The standard InChI is InChI=1S/C20H12BrClN2O2/c21-17-3-1-2-4-19(17)23-10-9-14-11-13(5-8-18(14)23)16-7-6-15(22)12-20(16)24(25)26/h1-12H. The minimum Gasteiger partial charge on any atom is -0.315 e. The van der Waals surface area contributed by atoms with Crippen LogP contribution in [0.4, 0.5) is 5.69 Å². The van der Waals surface area contributed by atoms with Crippen LogP contribution in [0, 0.1) is 10.1 Å². The molecular weight excluding hydrogens is 416 g/mol. The van der Waals surface area contributed by atoms with Gasteiger partial charge in [0.1, 0.15) is 0 Å². The molecule has 0 aliphatic heterocycles. The van der Waals surface area contributed by atoms with Gasteiger partial charge in [0.25, 0.3) is 5.69 Å². The molecule has 0 spiro atoms. The van der Waals surface area contributed by atoms with Gasteiger partial charge in [0.15, 0.2) is 0 Å². The second-order valence-corrected chi connectivity index (χ2v) is 7.12. The van der Waals surface area contributed by atoms with E-state index in [0.717, 1.165) is 26.6 Å². The van der Waals surface area contributed by atoms with Gasteiger partial charge in [0.2, 0.25) is 0 Å². The Kier molecular flexibility index (Phi) is 4.26.